The molecular weight excluding hydrogens is 274 g/mol. The second-order valence-corrected chi connectivity index (χ2v) is 6.50. The molecule has 104 valence electrons. The van der Waals surface area contributed by atoms with E-state index in [0.717, 1.165) is 17.0 Å². The van der Waals surface area contributed by atoms with Crippen molar-refractivity contribution in [3.8, 4) is 5.75 Å². The summed E-state index contributed by atoms with van der Waals surface area (Å²) in [7, 11) is -1.87. The van der Waals surface area contributed by atoms with Gasteiger partial charge in [-0.15, -0.1) is 0 Å². The molecule has 0 aromatic heterocycles. The Bertz CT molecular complexity index is 726. The summed E-state index contributed by atoms with van der Waals surface area (Å²) in [6.45, 7) is 0.472. The third-order valence-electron chi connectivity index (χ3n) is 3.47. The van der Waals surface area contributed by atoms with Gasteiger partial charge in [-0.1, -0.05) is 18.2 Å². The summed E-state index contributed by atoms with van der Waals surface area (Å²) in [5.74, 6) is 0.753. The van der Waals surface area contributed by atoms with Gasteiger partial charge in [0.2, 0.25) is 0 Å². The Hall–Kier alpha value is -2.01. The van der Waals surface area contributed by atoms with E-state index in [2.05, 4.69) is 0 Å². The van der Waals surface area contributed by atoms with Gasteiger partial charge in [-0.05, 0) is 42.3 Å². The molecule has 0 saturated carbocycles. The van der Waals surface area contributed by atoms with Gasteiger partial charge in [0.25, 0.3) is 10.0 Å². The number of anilines is 1. The normalized spacial score (nSPS) is 14.2. The molecule has 4 nitrogen and oxygen atoms in total. The minimum absolute atomic E-state index is 0.323. The number of ether oxygens (including phenoxy) is 1. The van der Waals surface area contributed by atoms with Crippen molar-refractivity contribution >= 4 is 15.7 Å². The summed E-state index contributed by atoms with van der Waals surface area (Å²) >= 11 is 0. The van der Waals surface area contributed by atoms with Crippen LogP contribution in [0.2, 0.25) is 0 Å². The smallest absolute Gasteiger partial charge is 0.264 e. The number of sulfonamides is 1. The molecule has 0 aliphatic carbocycles. The zero-order valence-electron chi connectivity index (χ0n) is 11.1. The Morgan fingerprint density at radius 3 is 2.55 bits per heavy atom. The molecule has 0 N–H and O–H groups in total. The van der Waals surface area contributed by atoms with E-state index in [9.17, 15) is 8.42 Å². The number of methoxy groups -OCH3 is 1. The molecule has 2 aromatic rings. The number of rotatable bonds is 3. The van der Waals surface area contributed by atoms with Gasteiger partial charge in [0.1, 0.15) is 5.75 Å². The Labute approximate surface area is 118 Å². The van der Waals surface area contributed by atoms with Crippen molar-refractivity contribution in [2.24, 2.45) is 0 Å². The fourth-order valence-corrected chi connectivity index (χ4v) is 3.97. The first-order chi connectivity index (χ1) is 9.63. The van der Waals surface area contributed by atoms with Gasteiger partial charge in [0, 0.05) is 6.54 Å². The van der Waals surface area contributed by atoms with Crippen LogP contribution in [-0.2, 0) is 16.4 Å². The summed E-state index contributed by atoms with van der Waals surface area (Å²) in [6.07, 6.45) is 0.707. The molecule has 3 rings (SSSR count). The van der Waals surface area contributed by atoms with E-state index in [1.54, 1.807) is 37.4 Å². The van der Waals surface area contributed by atoms with Gasteiger partial charge >= 0.3 is 0 Å². The van der Waals surface area contributed by atoms with Crippen LogP contribution in [0.1, 0.15) is 5.56 Å². The first-order valence-electron chi connectivity index (χ1n) is 6.37. The van der Waals surface area contributed by atoms with Crippen LogP contribution >= 0.6 is 0 Å². The molecule has 1 aliphatic rings. The van der Waals surface area contributed by atoms with Gasteiger partial charge in [-0.3, -0.25) is 4.31 Å². The molecule has 0 radical (unpaired) electrons. The molecule has 0 bridgehead atoms. The quantitative estimate of drug-likeness (QED) is 0.872. The first kappa shape index (κ1) is 13.0. The van der Waals surface area contributed by atoms with Crippen LogP contribution in [0.5, 0.6) is 5.75 Å². The third-order valence-corrected chi connectivity index (χ3v) is 5.30. The zero-order valence-corrected chi connectivity index (χ0v) is 11.9. The molecular formula is C15H15NO3S. The Morgan fingerprint density at radius 2 is 1.85 bits per heavy atom. The maximum absolute atomic E-state index is 12.6. The number of hydrogen-bond donors (Lipinski definition) is 0. The number of hydrogen-bond acceptors (Lipinski definition) is 3. The van der Waals surface area contributed by atoms with Crippen LogP contribution in [0, 0.1) is 0 Å². The minimum atomic E-state index is -3.48. The summed E-state index contributed by atoms with van der Waals surface area (Å²) in [5.41, 5.74) is 1.75. The first-order valence-corrected chi connectivity index (χ1v) is 7.81. The van der Waals surface area contributed by atoms with Crippen molar-refractivity contribution in [3.05, 3.63) is 54.1 Å². The van der Waals surface area contributed by atoms with Crippen molar-refractivity contribution in [2.75, 3.05) is 18.0 Å². The maximum atomic E-state index is 12.6. The summed E-state index contributed by atoms with van der Waals surface area (Å²) in [4.78, 5) is 0.323. The van der Waals surface area contributed by atoms with Crippen molar-refractivity contribution in [2.45, 2.75) is 11.3 Å². The van der Waals surface area contributed by atoms with E-state index in [1.165, 1.54) is 4.31 Å². The largest absolute Gasteiger partial charge is 0.497 e. The molecule has 20 heavy (non-hydrogen) atoms. The van der Waals surface area contributed by atoms with Crippen LogP contribution in [-0.4, -0.2) is 22.1 Å². The predicted molar refractivity (Wildman–Crippen MR) is 77.7 cm³/mol. The molecule has 2 aromatic carbocycles. The standard InChI is InChI=1S/C15H15NO3S/c1-19-13-7-8-15-12(11-13)9-10-16(15)20(17,18)14-5-3-2-4-6-14/h2-8,11H,9-10H2,1H3. The highest BCUT2D eigenvalue weighted by atomic mass is 32.2. The zero-order chi connectivity index (χ0) is 14.2. The molecule has 5 heteroatoms. The van der Waals surface area contributed by atoms with Gasteiger partial charge in [0.15, 0.2) is 0 Å². The van der Waals surface area contributed by atoms with Gasteiger partial charge < -0.3 is 4.74 Å². The summed E-state index contributed by atoms with van der Waals surface area (Å²) in [5, 5.41) is 0. The van der Waals surface area contributed by atoms with Gasteiger partial charge in [0.05, 0.1) is 17.7 Å². The molecule has 1 aliphatic heterocycles. The average Bonchev–Trinajstić information content (AvgIpc) is 2.91. The lowest BCUT2D eigenvalue weighted by molar-refractivity contribution is 0.414. The highest BCUT2D eigenvalue weighted by molar-refractivity contribution is 7.92. The Morgan fingerprint density at radius 1 is 1.10 bits per heavy atom. The van der Waals surface area contributed by atoms with Crippen LogP contribution in [0.25, 0.3) is 0 Å². The van der Waals surface area contributed by atoms with Crippen molar-refractivity contribution in [1.29, 1.82) is 0 Å². The van der Waals surface area contributed by atoms with E-state index in [4.69, 9.17) is 4.74 Å². The predicted octanol–water partition coefficient (Wildman–Crippen LogP) is 2.45. The topological polar surface area (TPSA) is 46.6 Å². The van der Waals surface area contributed by atoms with E-state index in [1.807, 2.05) is 18.2 Å². The Balaban J connectivity index is 2.03. The number of benzene rings is 2. The molecule has 1 heterocycles. The molecule has 0 saturated heterocycles. The summed E-state index contributed by atoms with van der Waals surface area (Å²) < 4.78 is 31.9. The fraction of sp³-hybridized carbons (Fsp3) is 0.200. The number of nitrogens with zero attached hydrogens (tertiary/aromatic N) is 1. The lowest BCUT2D eigenvalue weighted by Crippen LogP contribution is -2.29. The fourth-order valence-electron chi connectivity index (χ4n) is 2.44. The maximum Gasteiger partial charge on any atom is 0.264 e. The lowest BCUT2D eigenvalue weighted by Gasteiger charge is -2.19. The third kappa shape index (κ3) is 2.04. The van der Waals surface area contributed by atoms with E-state index in [-0.39, 0.29) is 0 Å². The van der Waals surface area contributed by atoms with Crippen molar-refractivity contribution in [1.82, 2.24) is 0 Å². The van der Waals surface area contributed by atoms with E-state index < -0.39 is 10.0 Å². The van der Waals surface area contributed by atoms with Gasteiger partial charge in [-0.2, -0.15) is 0 Å². The summed E-state index contributed by atoms with van der Waals surface area (Å²) in [6, 6.07) is 14.0. The van der Waals surface area contributed by atoms with Crippen molar-refractivity contribution in [3.63, 3.8) is 0 Å². The van der Waals surface area contributed by atoms with Crippen LogP contribution < -0.4 is 9.04 Å². The molecule has 0 amide bonds. The minimum Gasteiger partial charge on any atom is -0.497 e. The SMILES string of the molecule is COc1ccc2c(c1)CCN2S(=O)(=O)c1ccccc1. The molecule has 0 fully saturated rings. The molecule has 0 spiro atoms. The second kappa shape index (κ2) is 4.83. The van der Waals surface area contributed by atoms with Gasteiger partial charge in [-0.25, -0.2) is 8.42 Å². The van der Waals surface area contributed by atoms with Crippen LogP contribution in [0.15, 0.2) is 53.4 Å². The highest BCUT2D eigenvalue weighted by Crippen LogP contribution is 2.34. The van der Waals surface area contributed by atoms with Crippen LogP contribution in [0.3, 0.4) is 0 Å². The molecule has 0 unspecified atom stereocenters. The van der Waals surface area contributed by atoms with E-state index in [0.29, 0.717) is 17.9 Å². The Kier molecular flexibility index (Phi) is 3.14. The van der Waals surface area contributed by atoms with E-state index >= 15 is 0 Å². The number of fused-ring (bicyclic) bond motifs is 1. The van der Waals surface area contributed by atoms with Crippen molar-refractivity contribution < 1.29 is 13.2 Å². The highest BCUT2D eigenvalue weighted by Gasteiger charge is 2.30. The van der Waals surface area contributed by atoms with Crippen LogP contribution in [0.4, 0.5) is 5.69 Å². The molecule has 0 atom stereocenters. The monoisotopic (exact) mass is 289 g/mol. The lowest BCUT2D eigenvalue weighted by atomic mass is 10.1. The average molecular weight is 289 g/mol. The second-order valence-electron chi connectivity index (χ2n) is 4.63.